The number of halogens is 1. The zero-order chi connectivity index (χ0) is 18.8. The van der Waals surface area contributed by atoms with Crippen LogP contribution in [0.3, 0.4) is 0 Å². The maximum atomic E-state index is 11.9. The van der Waals surface area contributed by atoms with Gasteiger partial charge in [-0.1, -0.05) is 29.8 Å². The first-order valence-electron chi connectivity index (χ1n) is 7.37. The molecule has 1 aromatic carbocycles. The Hall–Kier alpha value is -2.81. The molecule has 0 saturated carbocycles. The first-order valence-corrected chi connectivity index (χ1v) is 7.75. The smallest absolute Gasteiger partial charge is 0.321 e. The summed E-state index contributed by atoms with van der Waals surface area (Å²) in [6.45, 7) is 1.39. The van der Waals surface area contributed by atoms with E-state index in [9.17, 15) is 19.2 Å². The zero-order valence-corrected chi connectivity index (χ0v) is 14.3. The van der Waals surface area contributed by atoms with Crippen LogP contribution in [0.1, 0.15) is 24.9 Å². The highest BCUT2D eigenvalue weighted by molar-refractivity contribution is 6.31. The SMILES string of the molecule is CCNC(=O)NC(=O)COC(=O)C[C@H](NC(N)=O)c1ccccc1Cl. The molecule has 10 heteroatoms. The monoisotopic (exact) mass is 370 g/mol. The molecule has 0 aliphatic rings. The van der Waals surface area contributed by atoms with Crippen LogP contribution in [0.5, 0.6) is 0 Å². The molecule has 0 spiro atoms. The van der Waals surface area contributed by atoms with E-state index in [1.807, 2.05) is 5.32 Å². The summed E-state index contributed by atoms with van der Waals surface area (Å²) in [5, 5.41) is 7.07. The lowest BCUT2D eigenvalue weighted by Crippen LogP contribution is -2.41. The Morgan fingerprint density at radius 1 is 1.24 bits per heavy atom. The lowest BCUT2D eigenvalue weighted by molar-refractivity contribution is -0.148. The van der Waals surface area contributed by atoms with Crippen molar-refractivity contribution in [2.75, 3.05) is 13.2 Å². The van der Waals surface area contributed by atoms with Gasteiger partial charge in [-0.25, -0.2) is 9.59 Å². The number of rotatable bonds is 7. The normalized spacial score (nSPS) is 11.1. The van der Waals surface area contributed by atoms with Gasteiger partial charge in [-0.2, -0.15) is 0 Å². The average molecular weight is 371 g/mol. The fraction of sp³-hybridized carbons (Fsp3) is 0.333. The third-order valence-electron chi connectivity index (χ3n) is 2.92. The van der Waals surface area contributed by atoms with Crippen LogP contribution in [-0.2, 0) is 14.3 Å². The van der Waals surface area contributed by atoms with Crippen molar-refractivity contribution in [1.82, 2.24) is 16.0 Å². The van der Waals surface area contributed by atoms with Crippen molar-refractivity contribution in [2.45, 2.75) is 19.4 Å². The predicted octanol–water partition coefficient (Wildman–Crippen LogP) is 0.828. The van der Waals surface area contributed by atoms with Crippen LogP contribution in [-0.4, -0.2) is 37.1 Å². The molecule has 0 heterocycles. The van der Waals surface area contributed by atoms with E-state index in [1.54, 1.807) is 31.2 Å². The van der Waals surface area contributed by atoms with Crippen LogP contribution in [0.15, 0.2) is 24.3 Å². The van der Waals surface area contributed by atoms with Crippen LogP contribution >= 0.6 is 11.6 Å². The minimum atomic E-state index is -0.841. The minimum absolute atomic E-state index is 0.291. The first kappa shape index (κ1) is 20.2. The summed E-state index contributed by atoms with van der Waals surface area (Å²) >= 11 is 6.05. The van der Waals surface area contributed by atoms with E-state index in [4.69, 9.17) is 22.1 Å². The first-order chi connectivity index (χ1) is 11.8. The van der Waals surface area contributed by atoms with Crippen molar-refractivity contribution in [1.29, 1.82) is 0 Å². The maximum absolute atomic E-state index is 11.9. The Morgan fingerprint density at radius 2 is 1.92 bits per heavy atom. The number of carbonyl (C=O) groups is 4. The predicted molar refractivity (Wildman–Crippen MR) is 89.7 cm³/mol. The van der Waals surface area contributed by atoms with Crippen LogP contribution in [0.2, 0.25) is 5.02 Å². The Bertz CT molecular complexity index is 653. The number of amides is 5. The molecule has 0 aromatic heterocycles. The van der Waals surface area contributed by atoms with E-state index >= 15 is 0 Å². The molecule has 136 valence electrons. The fourth-order valence-electron chi connectivity index (χ4n) is 1.91. The molecular weight excluding hydrogens is 352 g/mol. The third-order valence-corrected chi connectivity index (χ3v) is 3.27. The number of imide groups is 1. The fourth-order valence-corrected chi connectivity index (χ4v) is 2.17. The van der Waals surface area contributed by atoms with Crippen molar-refractivity contribution < 1.29 is 23.9 Å². The van der Waals surface area contributed by atoms with E-state index in [2.05, 4.69) is 10.6 Å². The van der Waals surface area contributed by atoms with E-state index in [-0.39, 0.29) is 6.42 Å². The quantitative estimate of drug-likeness (QED) is 0.526. The second-order valence-electron chi connectivity index (χ2n) is 4.86. The van der Waals surface area contributed by atoms with E-state index in [1.165, 1.54) is 0 Å². The molecule has 0 aliphatic carbocycles. The lowest BCUT2D eigenvalue weighted by Gasteiger charge is -2.18. The van der Waals surface area contributed by atoms with E-state index in [0.29, 0.717) is 17.1 Å². The standard InChI is InChI=1S/C15H19ClN4O5/c1-2-18-15(24)20-12(21)8-25-13(22)7-11(19-14(17)23)9-5-3-4-6-10(9)16/h3-6,11H,2,7-8H2,1H3,(H3,17,19,23)(H2,18,20,21,24)/t11-/m0/s1. The zero-order valence-electron chi connectivity index (χ0n) is 13.5. The molecule has 1 atom stereocenters. The van der Waals surface area contributed by atoms with Gasteiger partial charge in [0, 0.05) is 11.6 Å². The van der Waals surface area contributed by atoms with Gasteiger partial charge in [-0.15, -0.1) is 0 Å². The van der Waals surface area contributed by atoms with E-state index in [0.717, 1.165) is 0 Å². The van der Waals surface area contributed by atoms with E-state index < -0.39 is 36.6 Å². The van der Waals surface area contributed by atoms with Crippen LogP contribution < -0.4 is 21.7 Å². The van der Waals surface area contributed by atoms with Gasteiger partial charge in [-0.3, -0.25) is 14.9 Å². The molecule has 25 heavy (non-hydrogen) atoms. The van der Waals surface area contributed by atoms with Crippen LogP contribution in [0, 0.1) is 0 Å². The van der Waals surface area contributed by atoms with Gasteiger partial charge in [0.1, 0.15) is 0 Å². The van der Waals surface area contributed by atoms with Gasteiger partial charge in [0.05, 0.1) is 12.5 Å². The average Bonchev–Trinajstić information content (AvgIpc) is 2.52. The number of primary amides is 1. The number of hydrogen-bond acceptors (Lipinski definition) is 5. The number of urea groups is 2. The molecule has 5 amide bonds. The molecule has 1 rings (SSSR count). The number of carbonyl (C=O) groups excluding carboxylic acids is 4. The summed E-state index contributed by atoms with van der Waals surface area (Å²) in [6.07, 6.45) is -0.291. The number of hydrogen-bond donors (Lipinski definition) is 4. The Balaban J connectivity index is 2.61. The van der Waals surface area contributed by atoms with Gasteiger partial charge >= 0.3 is 18.0 Å². The maximum Gasteiger partial charge on any atom is 0.321 e. The topological polar surface area (TPSA) is 140 Å². The molecular formula is C15H19ClN4O5. The lowest BCUT2D eigenvalue weighted by atomic mass is 10.0. The van der Waals surface area contributed by atoms with Gasteiger partial charge in [-0.05, 0) is 18.6 Å². The number of esters is 1. The molecule has 0 unspecified atom stereocenters. The summed E-state index contributed by atoms with van der Waals surface area (Å²) in [5.41, 5.74) is 5.59. The number of nitrogens with two attached hydrogens (primary N) is 1. The Kier molecular flexibility index (Phi) is 8.21. The highest BCUT2D eigenvalue weighted by Crippen LogP contribution is 2.25. The van der Waals surface area contributed by atoms with Gasteiger partial charge in [0.15, 0.2) is 6.61 Å². The van der Waals surface area contributed by atoms with Crippen LogP contribution in [0.25, 0.3) is 0 Å². The minimum Gasteiger partial charge on any atom is -0.455 e. The van der Waals surface area contributed by atoms with Crippen molar-refractivity contribution >= 4 is 35.5 Å². The number of nitrogens with one attached hydrogen (secondary N) is 3. The number of benzene rings is 1. The van der Waals surface area contributed by atoms with Crippen LogP contribution in [0.4, 0.5) is 9.59 Å². The summed E-state index contributed by atoms with van der Waals surface area (Å²) < 4.78 is 4.79. The number of ether oxygens (including phenoxy) is 1. The highest BCUT2D eigenvalue weighted by Gasteiger charge is 2.21. The Labute approximate surface area is 149 Å². The molecule has 0 saturated heterocycles. The molecule has 9 nitrogen and oxygen atoms in total. The molecule has 0 bridgehead atoms. The second-order valence-corrected chi connectivity index (χ2v) is 5.26. The van der Waals surface area contributed by atoms with Crippen molar-refractivity contribution in [3.05, 3.63) is 34.9 Å². The summed E-state index contributed by atoms with van der Waals surface area (Å²) in [7, 11) is 0. The van der Waals surface area contributed by atoms with Crippen molar-refractivity contribution in [3.8, 4) is 0 Å². The Morgan fingerprint density at radius 3 is 2.52 bits per heavy atom. The molecule has 0 fully saturated rings. The molecule has 1 aromatic rings. The summed E-state index contributed by atoms with van der Waals surface area (Å²) in [6, 6.07) is 4.25. The summed E-state index contributed by atoms with van der Waals surface area (Å²) in [4.78, 5) is 45.7. The molecule has 0 radical (unpaired) electrons. The van der Waals surface area contributed by atoms with Crippen molar-refractivity contribution in [3.63, 3.8) is 0 Å². The van der Waals surface area contributed by atoms with Gasteiger partial charge < -0.3 is 21.1 Å². The largest absolute Gasteiger partial charge is 0.455 e. The summed E-state index contributed by atoms with van der Waals surface area (Å²) in [5.74, 6) is -1.55. The van der Waals surface area contributed by atoms with Crippen molar-refractivity contribution in [2.24, 2.45) is 5.73 Å². The third kappa shape index (κ3) is 7.53. The van der Waals surface area contributed by atoms with Gasteiger partial charge in [0.25, 0.3) is 5.91 Å². The molecule has 5 N–H and O–H groups in total. The van der Waals surface area contributed by atoms with Gasteiger partial charge in [0.2, 0.25) is 0 Å². The highest BCUT2D eigenvalue weighted by atomic mass is 35.5. The second kappa shape index (κ2) is 10.1. The molecule has 0 aliphatic heterocycles.